The molecule has 0 heterocycles. The molecule has 1 fully saturated rings. The molecule has 2 heteroatoms. The minimum absolute atomic E-state index is 0.132. The van der Waals surface area contributed by atoms with Gasteiger partial charge in [0.2, 0.25) is 0 Å². The molecule has 0 saturated heterocycles. The second-order valence-corrected chi connectivity index (χ2v) is 6.35. The maximum absolute atomic E-state index is 9.89. The first-order valence-corrected chi connectivity index (χ1v) is 6.81. The zero-order chi connectivity index (χ0) is 13.8. The highest BCUT2D eigenvalue weighted by Crippen LogP contribution is 2.67. The zero-order valence-electron chi connectivity index (χ0n) is 11.6. The lowest BCUT2D eigenvalue weighted by Crippen LogP contribution is -2.66. The number of nitrogens with zero attached hydrogens (tertiary/aromatic N) is 1. The fourth-order valence-electron chi connectivity index (χ4n) is 4.29. The summed E-state index contributed by atoms with van der Waals surface area (Å²) in [6, 6.07) is 10.8. The first-order valence-electron chi connectivity index (χ1n) is 6.81. The third kappa shape index (κ3) is 1.19. The Labute approximate surface area is 114 Å². The molecule has 0 radical (unpaired) electrons. The molecular formula is C17H19NO. The topological polar surface area (TPSA) is 44.0 Å². The zero-order valence-corrected chi connectivity index (χ0v) is 11.6. The van der Waals surface area contributed by atoms with E-state index in [1.54, 1.807) is 0 Å². The Hall–Kier alpha value is -1.59. The maximum atomic E-state index is 9.89. The van der Waals surface area contributed by atoms with Crippen LogP contribution in [0.5, 0.6) is 0 Å². The minimum atomic E-state index is -0.490. The van der Waals surface area contributed by atoms with E-state index in [-0.39, 0.29) is 23.9 Å². The Morgan fingerprint density at radius 3 is 2.63 bits per heavy atom. The summed E-state index contributed by atoms with van der Waals surface area (Å²) in [5.41, 5.74) is 2.85. The Balaban J connectivity index is 2.28. The lowest BCUT2D eigenvalue weighted by atomic mass is 9.36. The summed E-state index contributed by atoms with van der Waals surface area (Å²) in [5.74, 6) is 0.294. The van der Waals surface area contributed by atoms with Crippen LogP contribution in [0, 0.1) is 28.6 Å². The molecule has 0 spiro atoms. The average Bonchev–Trinajstić information content (AvgIpc) is 2.39. The van der Waals surface area contributed by atoms with Gasteiger partial charge in [-0.25, -0.2) is 0 Å². The summed E-state index contributed by atoms with van der Waals surface area (Å²) in [5, 5.41) is 19.6. The fraction of sp³-hybridized carbons (Fsp3) is 0.471. The van der Waals surface area contributed by atoms with Gasteiger partial charge in [0.15, 0.2) is 0 Å². The number of nitriles is 1. The van der Waals surface area contributed by atoms with Crippen LogP contribution < -0.4 is 0 Å². The van der Waals surface area contributed by atoms with Gasteiger partial charge >= 0.3 is 0 Å². The highest BCUT2D eigenvalue weighted by Gasteiger charge is 2.68. The van der Waals surface area contributed by atoms with Crippen molar-refractivity contribution < 1.29 is 5.11 Å². The Morgan fingerprint density at radius 2 is 2.00 bits per heavy atom. The van der Waals surface area contributed by atoms with Crippen LogP contribution >= 0.6 is 0 Å². The number of allylic oxidation sites excluding steroid dienone is 2. The second-order valence-electron chi connectivity index (χ2n) is 6.35. The lowest BCUT2D eigenvalue weighted by Gasteiger charge is -2.64. The summed E-state index contributed by atoms with van der Waals surface area (Å²) < 4.78 is 0. The van der Waals surface area contributed by atoms with Crippen LogP contribution in [0.25, 0.3) is 5.57 Å². The molecule has 3 atom stereocenters. The highest BCUT2D eigenvalue weighted by molar-refractivity contribution is 5.74. The van der Waals surface area contributed by atoms with E-state index in [0.29, 0.717) is 0 Å². The SMILES string of the molecule is CC1=C[C@H]2[C@H](CO)C(C)(C)[C@@]2(C#N)c2ccccc21. The third-order valence-electron chi connectivity index (χ3n) is 5.46. The van der Waals surface area contributed by atoms with Gasteiger partial charge in [-0.2, -0.15) is 5.26 Å². The largest absolute Gasteiger partial charge is 0.396 e. The molecule has 1 N–H and O–H groups in total. The first-order chi connectivity index (χ1) is 9.00. The molecule has 0 amide bonds. The molecule has 0 aliphatic heterocycles. The van der Waals surface area contributed by atoms with E-state index < -0.39 is 5.41 Å². The number of benzene rings is 1. The van der Waals surface area contributed by atoms with Gasteiger partial charge in [0.1, 0.15) is 0 Å². The molecule has 1 saturated carbocycles. The van der Waals surface area contributed by atoms with Crippen LogP contribution in [0.4, 0.5) is 0 Å². The summed E-state index contributed by atoms with van der Waals surface area (Å²) in [7, 11) is 0. The monoisotopic (exact) mass is 253 g/mol. The quantitative estimate of drug-likeness (QED) is 0.835. The molecule has 19 heavy (non-hydrogen) atoms. The van der Waals surface area contributed by atoms with Crippen molar-refractivity contribution in [1.29, 1.82) is 5.26 Å². The predicted molar refractivity (Wildman–Crippen MR) is 75.2 cm³/mol. The van der Waals surface area contributed by atoms with Crippen molar-refractivity contribution in [2.45, 2.75) is 26.2 Å². The predicted octanol–water partition coefficient (Wildman–Crippen LogP) is 3.13. The number of aliphatic hydroxyl groups excluding tert-OH is 1. The molecule has 3 rings (SSSR count). The van der Waals surface area contributed by atoms with Crippen LogP contribution in [0.1, 0.15) is 31.9 Å². The summed E-state index contributed by atoms with van der Waals surface area (Å²) in [4.78, 5) is 0. The van der Waals surface area contributed by atoms with Gasteiger partial charge in [-0.3, -0.25) is 0 Å². The van der Waals surface area contributed by atoms with Crippen LogP contribution in [-0.2, 0) is 5.41 Å². The molecule has 98 valence electrons. The van der Waals surface area contributed by atoms with Gasteiger partial charge in [-0.1, -0.05) is 44.2 Å². The fourth-order valence-corrected chi connectivity index (χ4v) is 4.29. The number of fused-ring (bicyclic) bond motifs is 3. The van der Waals surface area contributed by atoms with Gasteiger partial charge in [0.05, 0.1) is 11.5 Å². The summed E-state index contributed by atoms with van der Waals surface area (Å²) in [6.45, 7) is 6.46. The number of aliphatic hydroxyl groups is 1. The van der Waals surface area contributed by atoms with Crippen LogP contribution in [0.3, 0.4) is 0 Å². The van der Waals surface area contributed by atoms with Crippen molar-refractivity contribution in [3.63, 3.8) is 0 Å². The van der Waals surface area contributed by atoms with Gasteiger partial charge in [-0.05, 0) is 35.0 Å². The standard InChI is InChI=1S/C17H19NO/c1-11-8-14-15(9-19)16(2,3)17(14,10-18)13-7-5-4-6-12(11)13/h4-8,14-15,19H,9H2,1-3H3/t14-,15-,17-/m0/s1. The minimum Gasteiger partial charge on any atom is -0.396 e. The Morgan fingerprint density at radius 1 is 1.32 bits per heavy atom. The van der Waals surface area contributed by atoms with E-state index in [2.05, 4.69) is 45.0 Å². The van der Waals surface area contributed by atoms with Gasteiger partial charge in [0, 0.05) is 12.5 Å². The first kappa shape index (κ1) is 12.4. The van der Waals surface area contributed by atoms with Crippen LogP contribution in [-0.4, -0.2) is 11.7 Å². The molecule has 1 aromatic carbocycles. The van der Waals surface area contributed by atoms with E-state index in [0.717, 1.165) is 5.56 Å². The van der Waals surface area contributed by atoms with Crippen molar-refractivity contribution in [2.24, 2.45) is 17.3 Å². The van der Waals surface area contributed by atoms with Crippen LogP contribution in [0.2, 0.25) is 0 Å². The number of hydrogen-bond donors (Lipinski definition) is 1. The van der Waals surface area contributed by atoms with E-state index in [1.807, 2.05) is 12.1 Å². The molecule has 2 aliphatic rings. The Kier molecular flexibility index (Phi) is 2.43. The highest BCUT2D eigenvalue weighted by atomic mass is 16.3. The molecule has 0 unspecified atom stereocenters. The van der Waals surface area contributed by atoms with Gasteiger partial charge < -0.3 is 5.11 Å². The summed E-state index contributed by atoms with van der Waals surface area (Å²) in [6.07, 6.45) is 2.19. The molecule has 2 aliphatic carbocycles. The average molecular weight is 253 g/mol. The van der Waals surface area contributed by atoms with Crippen molar-refractivity contribution >= 4 is 5.57 Å². The summed E-state index contributed by atoms with van der Waals surface area (Å²) >= 11 is 0. The number of rotatable bonds is 1. The van der Waals surface area contributed by atoms with Crippen molar-refractivity contribution in [3.05, 3.63) is 41.5 Å². The van der Waals surface area contributed by atoms with Crippen molar-refractivity contribution in [1.82, 2.24) is 0 Å². The van der Waals surface area contributed by atoms with E-state index in [9.17, 15) is 10.4 Å². The van der Waals surface area contributed by atoms with Gasteiger partial charge in [-0.15, -0.1) is 0 Å². The third-order valence-corrected chi connectivity index (χ3v) is 5.46. The molecule has 2 nitrogen and oxygen atoms in total. The van der Waals surface area contributed by atoms with E-state index in [4.69, 9.17) is 0 Å². The maximum Gasteiger partial charge on any atom is 0.0948 e. The molecule has 1 aromatic rings. The number of hydrogen-bond acceptors (Lipinski definition) is 2. The molecule has 0 bridgehead atoms. The van der Waals surface area contributed by atoms with E-state index >= 15 is 0 Å². The molecule has 0 aromatic heterocycles. The normalized spacial score (nSPS) is 34.4. The lowest BCUT2D eigenvalue weighted by molar-refractivity contribution is -0.0968. The molecular weight excluding hydrogens is 234 g/mol. The van der Waals surface area contributed by atoms with Crippen molar-refractivity contribution in [2.75, 3.05) is 6.61 Å². The van der Waals surface area contributed by atoms with E-state index in [1.165, 1.54) is 11.1 Å². The Bertz CT molecular complexity index is 608. The van der Waals surface area contributed by atoms with Crippen molar-refractivity contribution in [3.8, 4) is 6.07 Å². The van der Waals surface area contributed by atoms with Gasteiger partial charge in [0.25, 0.3) is 0 Å². The smallest absolute Gasteiger partial charge is 0.0948 e. The second kappa shape index (κ2) is 3.71. The van der Waals surface area contributed by atoms with Crippen LogP contribution in [0.15, 0.2) is 30.3 Å².